The van der Waals surface area contributed by atoms with Crippen molar-refractivity contribution in [3.63, 3.8) is 0 Å². The summed E-state index contributed by atoms with van der Waals surface area (Å²) in [6.45, 7) is 0.444. The fourth-order valence-corrected chi connectivity index (χ4v) is 1.28. The Hall–Kier alpha value is -0.810. The Labute approximate surface area is 95.2 Å². The second-order valence-corrected chi connectivity index (χ2v) is 3.63. The van der Waals surface area contributed by atoms with Gasteiger partial charge in [-0.2, -0.15) is 0 Å². The van der Waals surface area contributed by atoms with Gasteiger partial charge in [-0.1, -0.05) is 0 Å². The summed E-state index contributed by atoms with van der Waals surface area (Å²) in [5.41, 5.74) is 0.680. The van der Waals surface area contributed by atoms with Gasteiger partial charge >= 0.3 is 6.03 Å². The Morgan fingerprint density at radius 1 is 1.64 bits per heavy atom. The minimum atomic E-state index is -0.274. The molecule has 0 bridgehead atoms. The van der Waals surface area contributed by atoms with E-state index in [1.807, 2.05) is 0 Å². The first-order chi connectivity index (χ1) is 6.72. The molecular weight excluding hydrogens is 269 g/mol. The Morgan fingerprint density at radius 2 is 2.43 bits per heavy atom. The summed E-state index contributed by atoms with van der Waals surface area (Å²) in [7, 11) is 0. The fourth-order valence-electron chi connectivity index (χ4n) is 0.816. The lowest BCUT2D eigenvalue weighted by molar-refractivity contribution is 0.252. The molecule has 14 heavy (non-hydrogen) atoms. The monoisotopic (exact) mass is 277 g/mol. The zero-order valence-corrected chi connectivity index (χ0v) is 9.60. The van der Waals surface area contributed by atoms with Gasteiger partial charge in [0.25, 0.3) is 0 Å². The predicted molar refractivity (Wildman–Crippen MR) is 59.7 cm³/mol. The van der Waals surface area contributed by atoms with Crippen LogP contribution in [0, 0.1) is 0 Å². The van der Waals surface area contributed by atoms with Gasteiger partial charge in [-0.3, -0.25) is 0 Å². The molecule has 0 aromatic carbocycles. The van der Waals surface area contributed by atoms with Gasteiger partial charge in [-0.25, -0.2) is 9.78 Å². The quantitative estimate of drug-likeness (QED) is 0.658. The molecular formula is C8H9BrClN3O. The van der Waals surface area contributed by atoms with Crippen molar-refractivity contribution >= 4 is 39.2 Å². The van der Waals surface area contributed by atoms with Crippen molar-refractivity contribution < 1.29 is 4.79 Å². The number of carbonyl (C=O) groups excluding carboxylic acids is 1. The van der Waals surface area contributed by atoms with Crippen LogP contribution in [0.5, 0.6) is 0 Å². The minimum absolute atomic E-state index is 0.274. The van der Waals surface area contributed by atoms with E-state index in [1.165, 1.54) is 0 Å². The number of rotatable bonds is 3. The number of nitrogens with one attached hydrogen (secondary N) is 2. The van der Waals surface area contributed by atoms with E-state index in [0.717, 1.165) is 0 Å². The van der Waals surface area contributed by atoms with Crippen LogP contribution in [0.15, 0.2) is 22.9 Å². The maximum Gasteiger partial charge on any atom is 0.319 e. The van der Waals surface area contributed by atoms with Gasteiger partial charge in [0.1, 0.15) is 4.60 Å². The van der Waals surface area contributed by atoms with Crippen LogP contribution in [0.1, 0.15) is 0 Å². The summed E-state index contributed by atoms with van der Waals surface area (Å²) in [4.78, 5) is 15.1. The molecule has 0 unspecified atom stereocenters. The van der Waals surface area contributed by atoms with Gasteiger partial charge in [-0.15, -0.1) is 11.6 Å². The second-order valence-electron chi connectivity index (χ2n) is 2.44. The molecule has 76 valence electrons. The summed E-state index contributed by atoms with van der Waals surface area (Å²) in [6, 6.07) is 3.13. The number of pyridine rings is 1. The van der Waals surface area contributed by atoms with Crippen molar-refractivity contribution in [3.8, 4) is 0 Å². The number of nitrogens with zero attached hydrogens (tertiary/aromatic N) is 1. The fraction of sp³-hybridized carbons (Fsp3) is 0.250. The molecule has 2 amide bonds. The number of halogens is 2. The lowest BCUT2D eigenvalue weighted by atomic mass is 10.4. The number of carbonyl (C=O) groups is 1. The Kier molecular flexibility index (Phi) is 4.69. The predicted octanol–water partition coefficient (Wildman–Crippen LogP) is 2.20. The molecule has 0 aliphatic heterocycles. The number of urea groups is 1. The number of hydrogen-bond donors (Lipinski definition) is 2. The molecule has 2 N–H and O–H groups in total. The molecule has 0 fully saturated rings. The zero-order valence-electron chi connectivity index (χ0n) is 7.26. The number of anilines is 1. The second kappa shape index (κ2) is 5.82. The number of alkyl halides is 1. The van der Waals surface area contributed by atoms with Gasteiger partial charge in [0.2, 0.25) is 0 Å². The molecule has 0 spiro atoms. The largest absolute Gasteiger partial charge is 0.337 e. The lowest BCUT2D eigenvalue weighted by Gasteiger charge is -2.05. The molecule has 0 saturated carbocycles. The van der Waals surface area contributed by atoms with Crippen molar-refractivity contribution in [1.82, 2.24) is 10.3 Å². The first kappa shape index (κ1) is 11.3. The molecule has 0 atom stereocenters. The standard InChI is InChI=1S/C8H9BrClN3O/c9-7-5-6(1-3-11-7)13-8(14)12-4-2-10/h1,3,5H,2,4H2,(H2,11,12,13,14). The number of aromatic nitrogens is 1. The molecule has 0 radical (unpaired) electrons. The van der Waals surface area contributed by atoms with E-state index in [2.05, 4.69) is 31.5 Å². The summed E-state index contributed by atoms with van der Waals surface area (Å²) in [5.74, 6) is 0.396. The topological polar surface area (TPSA) is 54.0 Å². The van der Waals surface area contributed by atoms with Crippen LogP contribution in [0.3, 0.4) is 0 Å². The highest BCUT2D eigenvalue weighted by Gasteiger charge is 2.00. The molecule has 1 rings (SSSR count). The normalized spacial score (nSPS) is 9.57. The van der Waals surface area contributed by atoms with Crippen LogP contribution in [0.4, 0.5) is 10.5 Å². The van der Waals surface area contributed by atoms with Crippen molar-refractivity contribution in [3.05, 3.63) is 22.9 Å². The molecule has 1 aromatic rings. The third kappa shape index (κ3) is 3.93. The molecule has 0 aliphatic rings. The smallest absolute Gasteiger partial charge is 0.319 e. The van der Waals surface area contributed by atoms with Crippen molar-refractivity contribution in [1.29, 1.82) is 0 Å². The third-order valence-electron chi connectivity index (χ3n) is 1.36. The van der Waals surface area contributed by atoms with E-state index in [-0.39, 0.29) is 6.03 Å². The van der Waals surface area contributed by atoms with Gasteiger partial charge in [-0.05, 0) is 28.1 Å². The average molecular weight is 279 g/mol. The maximum absolute atomic E-state index is 11.2. The summed E-state index contributed by atoms with van der Waals surface area (Å²) < 4.78 is 0.674. The van der Waals surface area contributed by atoms with Crippen molar-refractivity contribution in [2.24, 2.45) is 0 Å². The Balaban J connectivity index is 2.47. The van der Waals surface area contributed by atoms with E-state index in [1.54, 1.807) is 18.3 Å². The molecule has 0 aliphatic carbocycles. The van der Waals surface area contributed by atoms with E-state index in [4.69, 9.17) is 11.6 Å². The van der Waals surface area contributed by atoms with Gasteiger partial charge in [0, 0.05) is 24.3 Å². The molecule has 1 heterocycles. The minimum Gasteiger partial charge on any atom is -0.337 e. The van der Waals surface area contributed by atoms with E-state index in [9.17, 15) is 4.79 Å². The Morgan fingerprint density at radius 3 is 3.07 bits per heavy atom. The number of amides is 2. The van der Waals surface area contributed by atoms with Gasteiger partial charge < -0.3 is 10.6 Å². The van der Waals surface area contributed by atoms with Crippen LogP contribution in [0.2, 0.25) is 0 Å². The van der Waals surface area contributed by atoms with E-state index >= 15 is 0 Å². The van der Waals surface area contributed by atoms with Crippen LogP contribution in [-0.2, 0) is 0 Å². The maximum atomic E-state index is 11.2. The molecule has 0 saturated heterocycles. The zero-order chi connectivity index (χ0) is 10.4. The van der Waals surface area contributed by atoms with Crippen LogP contribution < -0.4 is 10.6 Å². The highest BCUT2D eigenvalue weighted by atomic mass is 79.9. The lowest BCUT2D eigenvalue weighted by Crippen LogP contribution is -2.30. The Bertz CT molecular complexity index is 321. The summed E-state index contributed by atoms with van der Waals surface area (Å²) in [6.07, 6.45) is 1.60. The van der Waals surface area contributed by atoms with Crippen LogP contribution >= 0.6 is 27.5 Å². The van der Waals surface area contributed by atoms with Crippen LogP contribution in [-0.4, -0.2) is 23.4 Å². The van der Waals surface area contributed by atoms with E-state index in [0.29, 0.717) is 22.7 Å². The third-order valence-corrected chi connectivity index (χ3v) is 1.99. The first-order valence-electron chi connectivity index (χ1n) is 3.95. The SMILES string of the molecule is O=C(NCCCl)Nc1ccnc(Br)c1. The molecule has 6 heteroatoms. The summed E-state index contributed by atoms with van der Waals surface area (Å²) in [5, 5.41) is 5.22. The highest BCUT2D eigenvalue weighted by Crippen LogP contribution is 2.11. The highest BCUT2D eigenvalue weighted by molar-refractivity contribution is 9.10. The van der Waals surface area contributed by atoms with Crippen molar-refractivity contribution in [2.45, 2.75) is 0 Å². The van der Waals surface area contributed by atoms with Gasteiger partial charge in [0.15, 0.2) is 0 Å². The van der Waals surface area contributed by atoms with Crippen molar-refractivity contribution in [2.75, 3.05) is 17.7 Å². The van der Waals surface area contributed by atoms with Gasteiger partial charge in [0.05, 0.1) is 0 Å². The molecule has 1 aromatic heterocycles. The first-order valence-corrected chi connectivity index (χ1v) is 5.27. The average Bonchev–Trinajstić information content (AvgIpc) is 2.15. The number of hydrogen-bond acceptors (Lipinski definition) is 2. The van der Waals surface area contributed by atoms with E-state index < -0.39 is 0 Å². The summed E-state index contributed by atoms with van der Waals surface area (Å²) >= 11 is 8.61. The van der Waals surface area contributed by atoms with Crippen LogP contribution in [0.25, 0.3) is 0 Å². The molecule has 4 nitrogen and oxygen atoms in total.